The molecule has 0 heterocycles. The van der Waals surface area contributed by atoms with Crippen LogP contribution in [0, 0.1) is 19.8 Å². The molecule has 1 N–H and O–H groups in total. The zero-order valence-corrected chi connectivity index (χ0v) is 14.0. The van der Waals surface area contributed by atoms with Crippen LogP contribution in [-0.2, 0) is 10.0 Å². The Kier molecular flexibility index (Phi) is 5.53. The van der Waals surface area contributed by atoms with Crippen molar-refractivity contribution in [3.63, 3.8) is 0 Å². The van der Waals surface area contributed by atoms with Gasteiger partial charge in [0.1, 0.15) is 0 Å². The second-order valence-electron chi connectivity index (χ2n) is 5.57. The van der Waals surface area contributed by atoms with Crippen molar-refractivity contribution in [1.82, 2.24) is 4.31 Å². The second-order valence-corrected chi connectivity index (χ2v) is 7.48. The first kappa shape index (κ1) is 17.7. The van der Waals surface area contributed by atoms with E-state index in [9.17, 15) is 13.2 Å². The van der Waals surface area contributed by atoms with E-state index in [1.165, 1.54) is 16.4 Å². The molecule has 0 saturated heterocycles. The second kappa shape index (κ2) is 6.58. The van der Waals surface area contributed by atoms with Gasteiger partial charge in [0.15, 0.2) is 0 Å². The Balaban J connectivity index is 3.46. The van der Waals surface area contributed by atoms with Crippen LogP contribution in [0.2, 0.25) is 0 Å². The van der Waals surface area contributed by atoms with Gasteiger partial charge in [0, 0.05) is 13.1 Å². The number of rotatable bonds is 6. The molecule has 0 aliphatic rings. The Morgan fingerprint density at radius 2 is 1.86 bits per heavy atom. The highest BCUT2D eigenvalue weighted by atomic mass is 32.2. The zero-order chi connectivity index (χ0) is 16.4. The average Bonchev–Trinajstić information content (AvgIpc) is 2.37. The highest BCUT2D eigenvalue weighted by Crippen LogP contribution is 2.25. The molecule has 0 unspecified atom stereocenters. The van der Waals surface area contributed by atoms with Gasteiger partial charge in [0.25, 0.3) is 0 Å². The van der Waals surface area contributed by atoms with Crippen LogP contribution >= 0.6 is 0 Å². The van der Waals surface area contributed by atoms with E-state index in [4.69, 9.17) is 5.11 Å². The van der Waals surface area contributed by atoms with Gasteiger partial charge in [-0.2, -0.15) is 4.31 Å². The number of carboxylic acid groups (broad SMARTS) is 1. The molecule has 1 aromatic rings. The van der Waals surface area contributed by atoms with Crippen molar-refractivity contribution in [2.75, 3.05) is 13.1 Å². The zero-order valence-electron chi connectivity index (χ0n) is 13.2. The molecule has 0 fully saturated rings. The Labute approximate surface area is 126 Å². The molecule has 21 heavy (non-hydrogen) atoms. The molecule has 0 atom stereocenters. The maximum Gasteiger partial charge on any atom is 0.335 e. The van der Waals surface area contributed by atoms with E-state index in [1.54, 1.807) is 20.8 Å². The number of aryl methyl sites for hydroxylation is 1. The highest BCUT2D eigenvalue weighted by molar-refractivity contribution is 7.89. The molecule has 1 rings (SSSR count). The number of carboxylic acids is 1. The summed E-state index contributed by atoms with van der Waals surface area (Å²) in [5.41, 5.74) is 1.26. The summed E-state index contributed by atoms with van der Waals surface area (Å²) in [6, 6.07) is 2.75. The van der Waals surface area contributed by atoms with Crippen molar-refractivity contribution >= 4 is 16.0 Å². The Bertz CT molecular complexity index is 635. The van der Waals surface area contributed by atoms with Crippen LogP contribution in [-0.4, -0.2) is 36.9 Å². The largest absolute Gasteiger partial charge is 0.478 e. The molecule has 0 radical (unpaired) electrons. The van der Waals surface area contributed by atoms with Gasteiger partial charge in [-0.05, 0) is 43.0 Å². The number of aromatic carboxylic acids is 1. The van der Waals surface area contributed by atoms with Crippen LogP contribution < -0.4 is 0 Å². The number of hydrogen-bond acceptors (Lipinski definition) is 3. The third kappa shape index (κ3) is 3.83. The molecule has 0 aromatic heterocycles. The molecular formula is C15H23NO4S. The molecular weight excluding hydrogens is 290 g/mol. The van der Waals surface area contributed by atoms with Gasteiger partial charge in [0.05, 0.1) is 10.5 Å². The summed E-state index contributed by atoms with van der Waals surface area (Å²) in [7, 11) is -3.69. The number of carbonyl (C=O) groups is 1. The minimum absolute atomic E-state index is 0.00252. The molecule has 0 aliphatic heterocycles. The fraction of sp³-hybridized carbons (Fsp3) is 0.533. The Morgan fingerprint density at radius 3 is 2.29 bits per heavy atom. The van der Waals surface area contributed by atoms with Crippen molar-refractivity contribution in [1.29, 1.82) is 0 Å². The van der Waals surface area contributed by atoms with Gasteiger partial charge in [-0.15, -0.1) is 0 Å². The van der Waals surface area contributed by atoms with E-state index in [2.05, 4.69) is 0 Å². The number of sulfonamides is 1. The molecule has 0 bridgehead atoms. The van der Waals surface area contributed by atoms with Gasteiger partial charge in [-0.3, -0.25) is 0 Å². The molecule has 5 nitrogen and oxygen atoms in total. The minimum Gasteiger partial charge on any atom is -0.478 e. The SMILES string of the molecule is CCN(CC(C)C)S(=O)(=O)c1cc(C(=O)O)cc(C)c1C. The molecule has 0 saturated carbocycles. The minimum atomic E-state index is -3.69. The van der Waals surface area contributed by atoms with Crippen LogP contribution in [0.25, 0.3) is 0 Å². The van der Waals surface area contributed by atoms with E-state index in [-0.39, 0.29) is 16.4 Å². The van der Waals surface area contributed by atoms with Crippen molar-refractivity contribution in [2.24, 2.45) is 5.92 Å². The quantitative estimate of drug-likeness (QED) is 0.876. The lowest BCUT2D eigenvalue weighted by atomic mass is 10.1. The van der Waals surface area contributed by atoms with Crippen molar-refractivity contribution in [2.45, 2.75) is 39.5 Å². The van der Waals surface area contributed by atoms with Gasteiger partial charge in [-0.1, -0.05) is 20.8 Å². The lowest BCUT2D eigenvalue weighted by Gasteiger charge is -2.24. The third-order valence-electron chi connectivity index (χ3n) is 3.41. The summed E-state index contributed by atoms with van der Waals surface area (Å²) < 4.78 is 27.0. The van der Waals surface area contributed by atoms with Crippen LogP contribution in [0.5, 0.6) is 0 Å². The summed E-state index contributed by atoms with van der Waals surface area (Å²) in [6.07, 6.45) is 0. The average molecular weight is 313 g/mol. The first-order chi connectivity index (χ1) is 9.61. The van der Waals surface area contributed by atoms with E-state index in [1.807, 2.05) is 13.8 Å². The summed E-state index contributed by atoms with van der Waals surface area (Å²) in [5.74, 6) is -0.926. The molecule has 6 heteroatoms. The van der Waals surface area contributed by atoms with E-state index in [0.29, 0.717) is 24.2 Å². The topological polar surface area (TPSA) is 74.7 Å². The van der Waals surface area contributed by atoms with Crippen LogP contribution in [0.3, 0.4) is 0 Å². The van der Waals surface area contributed by atoms with Crippen LogP contribution in [0.15, 0.2) is 17.0 Å². The molecule has 0 spiro atoms. The Morgan fingerprint density at radius 1 is 1.29 bits per heavy atom. The van der Waals surface area contributed by atoms with Gasteiger partial charge < -0.3 is 5.11 Å². The molecule has 1 aromatic carbocycles. The predicted molar refractivity (Wildman–Crippen MR) is 82.1 cm³/mol. The summed E-state index contributed by atoms with van der Waals surface area (Å²) in [6.45, 7) is 9.87. The Hall–Kier alpha value is -1.40. The number of hydrogen-bond donors (Lipinski definition) is 1. The van der Waals surface area contributed by atoms with E-state index < -0.39 is 16.0 Å². The van der Waals surface area contributed by atoms with Gasteiger partial charge in [0.2, 0.25) is 10.0 Å². The van der Waals surface area contributed by atoms with Crippen molar-refractivity contribution in [3.05, 3.63) is 28.8 Å². The predicted octanol–water partition coefficient (Wildman–Crippen LogP) is 2.67. The van der Waals surface area contributed by atoms with Gasteiger partial charge in [-0.25, -0.2) is 13.2 Å². The first-order valence-electron chi connectivity index (χ1n) is 6.95. The lowest BCUT2D eigenvalue weighted by Crippen LogP contribution is -2.34. The molecule has 0 aliphatic carbocycles. The van der Waals surface area contributed by atoms with E-state index >= 15 is 0 Å². The standard InChI is InChI=1S/C15H23NO4S/c1-6-16(9-10(2)3)21(19,20)14-8-13(15(17)18)7-11(4)12(14)5/h7-8,10H,6,9H2,1-5H3,(H,17,18). The smallest absolute Gasteiger partial charge is 0.335 e. The normalized spacial score (nSPS) is 12.1. The fourth-order valence-electron chi connectivity index (χ4n) is 2.16. The van der Waals surface area contributed by atoms with Crippen molar-refractivity contribution < 1.29 is 18.3 Å². The van der Waals surface area contributed by atoms with Crippen molar-refractivity contribution in [3.8, 4) is 0 Å². The monoisotopic (exact) mass is 313 g/mol. The lowest BCUT2D eigenvalue weighted by molar-refractivity contribution is 0.0696. The summed E-state index contributed by atoms with van der Waals surface area (Å²) >= 11 is 0. The molecule has 0 amide bonds. The third-order valence-corrected chi connectivity index (χ3v) is 5.47. The maximum absolute atomic E-state index is 12.8. The first-order valence-corrected chi connectivity index (χ1v) is 8.40. The fourth-order valence-corrected chi connectivity index (χ4v) is 4.10. The van der Waals surface area contributed by atoms with E-state index in [0.717, 1.165) is 0 Å². The summed E-state index contributed by atoms with van der Waals surface area (Å²) in [5, 5.41) is 9.12. The van der Waals surface area contributed by atoms with Crippen LogP contribution in [0.4, 0.5) is 0 Å². The number of nitrogens with zero attached hydrogens (tertiary/aromatic N) is 1. The number of benzene rings is 1. The highest BCUT2D eigenvalue weighted by Gasteiger charge is 2.27. The van der Waals surface area contributed by atoms with Crippen LogP contribution in [0.1, 0.15) is 42.3 Å². The maximum atomic E-state index is 12.8. The molecule has 118 valence electrons. The summed E-state index contributed by atoms with van der Waals surface area (Å²) in [4.78, 5) is 11.2. The van der Waals surface area contributed by atoms with Gasteiger partial charge >= 0.3 is 5.97 Å².